The van der Waals surface area contributed by atoms with Crippen LogP contribution in [0.5, 0.6) is 0 Å². The summed E-state index contributed by atoms with van der Waals surface area (Å²) < 4.78 is 0. The van der Waals surface area contributed by atoms with Gasteiger partial charge in [0.25, 0.3) is 11.8 Å². The molecule has 1 unspecified atom stereocenters. The molecule has 1 aromatic heterocycles. The first kappa shape index (κ1) is 25.4. The highest BCUT2D eigenvalue weighted by atomic mass is 16.5. The smallest absolute Gasteiger partial charge is 0.267 e. The predicted octanol–water partition coefficient (Wildman–Crippen LogP) is 4.78. The normalized spacial score (nSPS) is 14.8. The number of aromatic nitrogens is 1. The quantitative estimate of drug-likeness (QED) is 0.149. The zero-order valence-corrected chi connectivity index (χ0v) is 21.4. The van der Waals surface area contributed by atoms with Crippen molar-refractivity contribution in [2.75, 3.05) is 13.6 Å². The van der Waals surface area contributed by atoms with Gasteiger partial charge in [0.1, 0.15) is 0 Å². The van der Waals surface area contributed by atoms with Crippen LogP contribution in [-0.2, 0) is 24.2 Å². The Hall–Kier alpha value is -4.20. The first-order chi connectivity index (χ1) is 18.6. The third-order valence-electron chi connectivity index (χ3n) is 7.36. The monoisotopic (exact) mass is 508 g/mol. The molecule has 0 fully saturated rings. The topological polar surface area (TPSA) is 97.5 Å². The van der Waals surface area contributed by atoms with E-state index in [9.17, 15) is 9.59 Å². The van der Waals surface area contributed by atoms with Crippen LogP contribution in [0.2, 0.25) is 0 Å². The van der Waals surface area contributed by atoms with Gasteiger partial charge in [0.2, 0.25) is 0 Å². The van der Waals surface area contributed by atoms with Crippen molar-refractivity contribution in [1.82, 2.24) is 20.7 Å². The molecule has 1 aliphatic rings. The second-order valence-corrected chi connectivity index (χ2v) is 9.68. The zero-order valence-electron chi connectivity index (χ0n) is 21.4. The number of nitrogens with zero attached hydrogens (tertiary/aromatic N) is 1. The number of rotatable bonds is 9. The highest BCUT2D eigenvalue weighted by Crippen LogP contribution is 2.37. The molecule has 4 aromatic rings. The van der Waals surface area contributed by atoms with Crippen LogP contribution < -0.4 is 10.8 Å². The van der Waals surface area contributed by atoms with E-state index in [0.717, 1.165) is 43.4 Å². The number of amides is 2. The van der Waals surface area contributed by atoms with Gasteiger partial charge in [0.05, 0.1) is 0 Å². The van der Waals surface area contributed by atoms with Crippen molar-refractivity contribution < 1.29 is 14.8 Å². The van der Waals surface area contributed by atoms with E-state index in [1.807, 2.05) is 36.4 Å². The maximum Gasteiger partial charge on any atom is 0.267 e. The Labute approximate surface area is 222 Å². The average Bonchev–Trinajstić information content (AvgIpc) is 3.57. The molecule has 0 radical (unpaired) electrons. The summed E-state index contributed by atoms with van der Waals surface area (Å²) >= 11 is 0. The summed E-state index contributed by atoms with van der Waals surface area (Å²) in [7, 11) is 1.64. The minimum atomic E-state index is -0.547. The third-order valence-corrected chi connectivity index (χ3v) is 7.36. The number of aryl methyl sites for hydroxylation is 1. The van der Waals surface area contributed by atoms with E-state index >= 15 is 0 Å². The standard InChI is InChI=1S/C31H32N4O3/c1-32-31(37)23-10-6-22(7-11-23)20-35(17-16-25-19-33-28-5-3-2-4-26(25)28)29-14-12-24-18-21(8-13-27(24)29)9-15-30(36)34-38/h2-11,13,15,18-19,29,33,38H,12,14,16-17,20H2,1H3,(H,32,37)(H,34,36). The SMILES string of the molecule is CNC(=O)c1ccc(CN(CCc2c[nH]c3ccccc23)C2CCc3cc(C=CC(=O)NO)ccc32)cc1. The Morgan fingerprint density at radius 2 is 1.92 bits per heavy atom. The van der Waals surface area contributed by atoms with Gasteiger partial charge < -0.3 is 10.3 Å². The first-order valence-electron chi connectivity index (χ1n) is 12.9. The van der Waals surface area contributed by atoms with Crippen LogP contribution in [0.4, 0.5) is 0 Å². The van der Waals surface area contributed by atoms with Gasteiger partial charge in [-0.1, -0.05) is 48.5 Å². The van der Waals surface area contributed by atoms with E-state index in [1.165, 1.54) is 33.7 Å². The van der Waals surface area contributed by atoms with E-state index in [4.69, 9.17) is 5.21 Å². The van der Waals surface area contributed by atoms with Gasteiger partial charge in [0, 0.05) is 54.9 Å². The molecule has 4 N–H and O–H groups in total. The highest BCUT2D eigenvalue weighted by Gasteiger charge is 2.28. The van der Waals surface area contributed by atoms with Crippen molar-refractivity contribution in [2.45, 2.75) is 31.8 Å². The number of carbonyl (C=O) groups excluding carboxylic acids is 2. The summed E-state index contributed by atoms with van der Waals surface area (Å²) in [4.78, 5) is 29.3. The second kappa shape index (κ2) is 11.5. The third kappa shape index (κ3) is 5.54. The maximum atomic E-state index is 12.0. The number of benzene rings is 3. The van der Waals surface area contributed by atoms with Crippen LogP contribution in [0, 0.1) is 0 Å². The minimum Gasteiger partial charge on any atom is -0.361 e. The fourth-order valence-electron chi connectivity index (χ4n) is 5.40. The Balaban J connectivity index is 1.39. The van der Waals surface area contributed by atoms with Gasteiger partial charge in [-0.2, -0.15) is 0 Å². The number of fused-ring (bicyclic) bond motifs is 2. The summed E-state index contributed by atoms with van der Waals surface area (Å²) in [6.07, 6.45) is 8.05. The molecule has 0 aliphatic heterocycles. The number of hydroxylamine groups is 1. The molecule has 7 nitrogen and oxygen atoms in total. The molecule has 0 saturated carbocycles. The summed E-state index contributed by atoms with van der Waals surface area (Å²) in [6.45, 7) is 1.67. The predicted molar refractivity (Wildman–Crippen MR) is 149 cm³/mol. The molecule has 3 aromatic carbocycles. The van der Waals surface area contributed by atoms with Gasteiger partial charge >= 0.3 is 0 Å². The van der Waals surface area contributed by atoms with Crippen LogP contribution >= 0.6 is 0 Å². The van der Waals surface area contributed by atoms with Crippen molar-refractivity contribution in [2.24, 2.45) is 0 Å². The van der Waals surface area contributed by atoms with Gasteiger partial charge in [-0.3, -0.25) is 19.7 Å². The number of nitrogens with one attached hydrogen (secondary N) is 3. The Morgan fingerprint density at radius 3 is 2.71 bits per heavy atom. The number of hydrogen-bond donors (Lipinski definition) is 4. The summed E-state index contributed by atoms with van der Waals surface area (Å²) in [5.41, 5.74) is 9.44. The van der Waals surface area contributed by atoms with E-state index in [1.54, 1.807) is 18.6 Å². The van der Waals surface area contributed by atoms with E-state index in [-0.39, 0.29) is 11.9 Å². The maximum absolute atomic E-state index is 12.0. The highest BCUT2D eigenvalue weighted by molar-refractivity contribution is 5.94. The molecular weight excluding hydrogens is 476 g/mol. The number of para-hydroxylation sites is 1. The molecular formula is C31H32N4O3. The Bertz CT molecular complexity index is 1470. The fourth-order valence-corrected chi connectivity index (χ4v) is 5.40. The largest absolute Gasteiger partial charge is 0.361 e. The van der Waals surface area contributed by atoms with Gasteiger partial charge in [-0.25, -0.2) is 5.48 Å². The van der Waals surface area contributed by atoms with Crippen LogP contribution in [0.25, 0.3) is 17.0 Å². The lowest BCUT2D eigenvalue weighted by Crippen LogP contribution is -2.29. The van der Waals surface area contributed by atoms with E-state index < -0.39 is 5.91 Å². The molecule has 0 saturated heterocycles. The van der Waals surface area contributed by atoms with Crippen LogP contribution in [0.3, 0.4) is 0 Å². The van der Waals surface area contributed by atoms with Crippen molar-refractivity contribution in [3.63, 3.8) is 0 Å². The summed E-state index contributed by atoms with van der Waals surface area (Å²) in [6, 6.07) is 22.8. The lowest BCUT2D eigenvalue weighted by molar-refractivity contribution is -0.124. The van der Waals surface area contributed by atoms with Crippen LogP contribution in [0.1, 0.15) is 50.6 Å². The Kier molecular flexibility index (Phi) is 7.67. The Morgan fingerprint density at radius 1 is 1.11 bits per heavy atom. The van der Waals surface area contributed by atoms with Crippen LogP contribution in [-0.4, -0.2) is 40.5 Å². The van der Waals surface area contributed by atoms with Crippen molar-refractivity contribution in [1.29, 1.82) is 0 Å². The molecule has 38 heavy (non-hydrogen) atoms. The first-order valence-corrected chi connectivity index (χ1v) is 12.9. The number of carbonyl (C=O) groups is 2. The van der Waals surface area contributed by atoms with E-state index in [0.29, 0.717) is 5.56 Å². The second-order valence-electron chi connectivity index (χ2n) is 9.68. The number of aromatic amines is 1. The minimum absolute atomic E-state index is 0.0845. The molecule has 194 valence electrons. The lowest BCUT2D eigenvalue weighted by Gasteiger charge is -2.30. The molecule has 0 bridgehead atoms. The summed E-state index contributed by atoms with van der Waals surface area (Å²) in [5.74, 6) is -0.631. The van der Waals surface area contributed by atoms with E-state index in [2.05, 4.69) is 51.7 Å². The number of hydrogen-bond acceptors (Lipinski definition) is 4. The lowest BCUT2D eigenvalue weighted by atomic mass is 10.0. The molecule has 5 rings (SSSR count). The van der Waals surface area contributed by atoms with Crippen molar-refractivity contribution >= 4 is 28.8 Å². The molecule has 0 spiro atoms. The van der Waals surface area contributed by atoms with Crippen LogP contribution in [0.15, 0.2) is 79.0 Å². The molecule has 1 aliphatic carbocycles. The molecule has 2 amide bonds. The fraction of sp³-hybridized carbons (Fsp3) is 0.226. The van der Waals surface area contributed by atoms with Gasteiger partial charge in [-0.15, -0.1) is 0 Å². The van der Waals surface area contributed by atoms with Crippen molar-refractivity contribution in [3.05, 3.63) is 112 Å². The number of H-pyrrole nitrogens is 1. The van der Waals surface area contributed by atoms with Crippen molar-refractivity contribution in [3.8, 4) is 0 Å². The summed E-state index contributed by atoms with van der Waals surface area (Å²) in [5, 5.41) is 12.7. The van der Waals surface area contributed by atoms with Gasteiger partial charge in [0.15, 0.2) is 0 Å². The molecule has 1 heterocycles. The average molecular weight is 509 g/mol. The van der Waals surface area contributed by atoms with Gasteiger partial charge in [-0.05, 0) is 71.4 Å². The molecule has 1 atom stereocenters. The molecule has 7 heteroatoms. The zero-order chi connectivity index (χ0) is 26.5.